The Kier molecular flexibility index (Phi) is 6.20. The average molecular weight is 386 g/mol. The van der Waals surface area contributed by atoms with Crippen molar-refractivity contribution in [2.45, 2.75) is 25.2 Å². The van der Waals surface area contributed by atoms with Crippen LogP contribution in [-0.4, -0.2) is 30.5 Å². The number of nitrogens with one attached hydrogen (secondary N) is 1. The van der Waals surface area contributed by atoms with Gasteiger partial charge in [-0.3, -0.25) is 4.79 Å². The van der Waals surface area contributed by atoms with E-state index in [0.717, 1.165) is 38.2 Å². The van der Waals surface area contributed by atoms with E-state index in [0.29, 0.717) is 12.1 Å². The van der Waals surface area contributed by atoms with Crippen molar-refractivity contribution in [1.82, 2.24) is 10.3 Å². The first kappa shape index (κ1) is 19.2. The summed E-state index contributed by atoms with van der Waals surface area (Å²) in [5, 5.41) is 3.13. The van der Waals surface area contributed by atoms with Crippen LogP contribution >= 0.6 is 0 Å². The van der Waals surface area contributed by atoms with Crippen molar-refractivity contribution < 1.29 is 4.79 Å². The van der Waals surface area contributed by atoms with E-state index in [2.05, 4.69) is 63.7 Å². The maximum Gasteiger partial charge on any atom is 0.255 e. The van der Waals surface area contributed by atoms with Gasteiger partial charge in [-0.2, -0.15) is 0 Å². The van der Waals surface area contributed by atoms with Gasteiger partial charge in [0, 0.05) is 31.7 Å². The normalized spacial score (nSPS) is 13.6. The zero-order chi connectivity index (χ0) is 19.9. The van der Waals surface area contributed by atoms with E-state index < -0.39 is 0 Å². The second-order valence-corrected chi connectivity index (χ2v) is 7.49. The molecular weight excluding hydrogens is 358 g/mol. The van der Waals surface area contributed by atoms with Gasteiger partial charge in [0.15, 0.2) is 0 Å². The second-order valence-electron chi connectivity index (χ2n) is 7.49. The van der Waals surface area contributed by atoms with Crippen molar-refractivity contribution in [1.29, 1.82) is 0 Å². The first-order valence-electron chi connectivity index (χ1n) is 10.4. The molecule has 1 fully saturated rings. The van der Waals surface area contributed by atoms with Gasteiger partial charge in [0.1, 0.15) is 5.82 Å². The van der Waals surface area contributed by atoms with E-state index in [1.807, 2.05) is 24.3 Å². The van der Waals surface area contributed by atoms with Crippen molar-refractivity contribution in [3.63, 3.8) is 0 Å². The van der Waals surface area contributed by atoms with Crippen molar-refractivity contribution >= 4 is 11.7 Å². The molecule has 4 heteroatoms. The Morgan fingerprint density at radius 2 is 1.52 bits per heavy atom. The lowest BCUT2D eigenvalue weighted by Gasteiger charge is -2.20. The molecule has 0 unspecified atom stereocenters. The molecule has 4 rings (SSSR count). The van der Waals surface area contributed by atoms with E-state index in [1.165, 1.54) is 11.1 Å². The minimum atomic E-state index is -0.0418. The van der Waals surface area contributed by atoms with Crippen molar-refractivity contribution in [3.8, 4) is 0 Å². The van der Waals surface area contributed by atoms with Crippen LogP contribution in [0.4, 0.5) is 5.82 Å². The number of anilines is 1. The molecule has 0 radical (unpaired) electrons. The molecule has 29 heavy (non-hydrogen) atoms. The van der Waals surface area contributed by atoms with Gasteiger partial charge in [-0.05, 0) is 42.5 Å². The summed E-state index contributed by atoms with van der Waals surface area (Å²) in [6.45, 7) is 2.56. The summed E-state index contributed by atoms with van der Waals surface area (Å²) in [5.41, 5.74) is 3.21. The highest BCUT2D eigenvalue weighted by Gasteiger charge is 2.21. The number of rotatable bonds is 7. The molecule has 1 aliphatic heterocycles. The summed E-state index contributed by atoms with van der Waals surface area (Å²) in [5.74, 6) is 1.02. The Labute approximate surface area is 172 Å². The van der Waals surface area contributed by atoms with Crippen LogP contribution in [0.1, 0.15) is 46.7 Å². The molecule has 4 nitrogen and oxygen atoms in total. The van der Waals surface area contributed by atoms with E-state index >= 15 is 0 Å². The number of aromatic nitrogens is 1. The molecule has 3 aromatic rings. The summed E-state index contributed by atoms with van der Waals surface area (Å²) >= 11 is 0. The highest BCUT2D eigenvalue weighted by Crippen LogP contribution is 2.27. The number of hydrogen-bond acceptors (Lipinski definition) is 3. The van der Waals surface area contributed by atoms with Gasteiger partial charge >= 0.3 is 0 Å². The number of nitrogens with zero attached hydrogens (tertiary/aromatic N) is 2. The smallest absolute Gasteiger partial charge is 0.255 e. The van der Waals surface area contributed by atoms with Crippen LogP contribution in [0.25, 0.3) is 0 Å². The van der Waals surface area contributed by atoms with Crippen LogP contribution in [0.2, 0.25) is 0 Å². The highest BCUT2D eigenvalue weighted by atomic mass is 16.1. The van der Waals surface area contributed by atoms with Crippen LogP contribution in [0.3, 0.4) is 0 Å². The first-order chi connectivity index (χ1) is 14.3. The molecule has 0 spiro atoms. The van der Waals surface area contributed by atoms with Gasteiger partial charge in [-0.15, -0.1) is 0 Å². The molecular formula is C25H27N3O. The molecule has 1 N–H and O–H groups in total. The van der Waals surface area contributed by atoms with Gasteiger partial charge in [0.25, 0.3) is 5.91 Å². The number of carbonyl (C=O) groups excluding carboxylic acids is 1. The molecule has 148 valence electrons. The standard InChI is InChI=1S/C25H27N3O/c29-25(23-14-9-16-26-24(23)28-18-7-8-19-28)27-17-15-22(20-10-3-1-4-11-20)21-12-5-2-6-13-21/h1-6,9-14,16,22H,7-8,15,17-19H2,(H,27,29). The number of amides is 1. The Balaban J connectivity index is 1.45. The second kappa shape index (κ2) is 9.37. The highest BCUT2D eigenvalue weighted by molar-refractivity contribution is 5.98. The Morgan fingerprint density at radius 1 is 0.897 bits per heavy atom. The molecule has 0 atom stereocenters. The largest absolute Gasteiger partial charge is 0.356 e. The van der Waals surface area contributed by atoms with Gasteiger partial charge < -0.3 is 10.2 Å². The summed E-state index contributed by atoms with van der Waals surface area (Å²) in [7, 11) is 0. The third kappa shape index (κ3) is 4.65. The third-order valence-electron chi connectivity index (χ3n) is 5.56. The number of benzene rings is 2. The maximum absolute atomic E-state index is 12.9. The van der Waals surface area contributed by atoms with Crippen molar-refractivity contribution in [2.75, 3.05) is 24.5 Å². The fourth-order valence-corrected chi connectivity index (χ4v) is 4.08. The van der Waals surface area contributed by atoms with Crippen LogP contribution in [-0.2, 0) is 0 Å². The molecule has 2 aromatic carbocycles. The van der Waals surface area contributed by atoms with Gasteiger partial charge in [0.2, 0.25) is 0 Å². The maximum atomic E-state index is 12.9. The molecule has 0 bridgehead atoms. The van der Waals surface area contributed by atoms with Gasteiger partial charge in [-0.1, -0.05) is 60.7 Å². The molecule has 1 saturated heterocycles. The van der Waals surface area contributed by atoms with Crippen molar-refractivity contribution in [2.24, 2.45) is 0 Å². The van der Waals surface area contributed by atoms with E-state index in [1.54, 1.807) is 6.20 Å². The van der Waals surface area contributed by atoms with Gasteiger partial charge in [0.05, 0.1) is 5.56 Å². The van der Waals surface area contributed by atoms with E-state index in [9.17, 15) is 4.79 Å². The van der Waals surface area contributed by atoms with Crippen LogP contribution in [0, 0.1) is 0 Å². The van der Waals surface area contributed by atoms with Gasteiger partial charge in [-0.25, -0.2) is 4.98 Å². The Hall–Kier alpha value is -3.14. The number of pyridine rings is 1. The number of hydrogen-bond donors (Lipinski definition) is 1. The molecule has 1 aromatic heterocycles. The lowest BCUT2D eigenvalue weighted by molar-refractivity contribution is 0.0953. The average Bonchev–Trinajstić information content (AvgIpc) is 3.33. The zero-order valence-electron chi connectivity index (χ0n) is 16.6. The van der Waals surface area contributed by atoms with Crippen LogP contribution in [0.5, 0.6) is 0 Å². The fourth-order valence-electron chi connectivity index (χ4n) is 4.08. The summed E-state index contributed by atoms with van der Waals surface area (Å²) in [6, 6.07) is 24.7. The zero-order valence-corrected chi connectivity index (χ0v) is 16.6. The lowest BCUT2D eigenvalue weighted by atomic mass is 9.88. The molecule has 1 amide bonds. The van der Waals surface area contributed by atoms with E-state index in [-0.39, 0.29) is 11.8 Å². The monoisotopic (exact) mass is 385 g/mol. The topological polar surface area (TPSA) is 45.2 Å². The molecule has 0 aliphatic carbocycles. The molecule has 1 aliphatic rings. The Bertz CT molecular complexity index is 882. The predicted octanol–water partition coefficient (Wildman–Crippen LogP) is 4.63. The molecule has 0 saturated carbocycles. The fraction of sp³-hybridized carbons (Fsp3) is 0.280. The lowest BCUT2D eigenvalue weighted by Crippen LogP contribution is -2.29. The van der Waals surface area contributed by atoms with E-state index in [4.69, 9.17) is 0 Å². The predicted molar refractivity (Wildman–Crippen MR) is 117 cm³/mol. The quantitative estimate of drug-likeness (QED) is 0.645. The Morgan fingerprint density at radius 3 is 2.14 bits per heavy atom. The summed E-state index contributed by atoms with van der Waals surface area (Å²) in [6.07, 6.45) is 4.94. The SMILES string of the molecule is O=C(NCCC(c1ccccc1)c1ccccc1)c1cccnc1N1CCCC1. The van der Waals surface area contributed by atoms with Crippen molar-refractivity contribution in [3.05, 3.63) is 95.7 Å². The third-order valence-corrected chi connectivity index (χ3v) is 5.56. The number of carbonyl (C=O) groups is 1. The summed E-state index contributed by atoms with van der Waals surface area (Å²) < 4.78 is 0. The summed E-state index contributed by atoms with van der Waals surface area (Å²) in [4.78, 5) is 19.6. The minimum Gasteiger partial charge on any atom is -0.356 e. The van der Waals surface area contributed by atoms with Crippen LogP contribution in [0.15, 0.2) is 79.0 Å². The first-order valence-corrected chi connectivity index (χ1v) is 10.4. The minimum absolute atomic E-state index is 0.0418. The van der Waals surface area contributed by atoms with Crippen LogP contribution < -0.4 is 10.2 Å². The molecule has 2 heterocycles.